The first-order chi connectivity index (χ1) is 14.9. The predicted octanol–water partition coefficient (Wildman–Crippen LogP) is 3.00. The van der Waals surface area contributed by atoms with Crippen molar-refractivity contribution in [3.8, 4) is 0 Å². The van der Waals surface area contributed by atoms with Crippen molar-refractivity contribution < 1.29 is 13.2 Å². The molecule has 0 radical (unpaired) electrons. The highest BCUT2D eigenvalue weighted by molar-refractivity contribution is 7.89. The molecule has 31 heavy (non-hydrogen) atoms. The number of nitrogens with one attached hydrogen (secondary N) is 1. The molecule has 1 fully saturated rings. The molecule has 1 amide bonds. The van der Waals surface area contributed by atoms with Crippen LogP contribution in [-0.4, -0.2) is 46.7 Å². The van der Waals surface area contributed by atoms with Crippen molar-refractivity contribution in [2.45, 2.75) is 31.2 Å². The summed E-state index contributed by atoms with van der Waals surface area (Å²) in [4.78, 5) is 12.7. The van der Waals surface area contributed by atoms with Crippen LogP contribution >= 0.6 is 0 Å². The molecule has 3 aromatic rings. The first-order valence-corrected chi connectivity index (χ1v) is 11.7. The van der Waals surface area contributed by atoms with Gasteiger partial charge in [-0.25, -0.2) is 13.1 Å². The Hall–Kier alpha value is -3.04. The summed E-state index contributed by atoms with van der Waals surface area (Å²) < 4.78 is 28.9. The quantitative estimate of drug-likeness (QED) is 0.637. The number of benzene rings is 2. The number of amides is 1. The van der Waals surface area contributed by atoms with Crippen molar-refractivity contribution in [2.24, 2.45) is 5.92 Å². The molecule has 2 aromatic carbocycles. The Morgan fingerprint density at radius 3 is 2.58 bits per heavy atom. The Morgan fingerprint density at radius 2 is 1.87 bits per heavy atom. The zero-order chi connectivity index (χ0) is 21.8. The van der Waals surface area contributed by atoms with Gasteiger partial charge in [0.25, 0.3) is 5.91 Å². The third kappa shape index (κ3) is 5.00. The fourth-order valence-electron chi connectivity index (χ4n) is 3.67. The number of anilines is 1. The maximum absolute atomic E-state index is 12.9. The molecule has 2 heterocycles. The molecule has 0 saturated carbocycles. The molecule has 8 nitrogen and oxygen atoms in total. The van der Waals surface area contributed by atoms with E-state index < -0.39 is 15.9 Å². The number of aromatic nitrogens is 3. The van der Waals surface area contributed by atoms with Crippen LogP contribution in [0, 0.1) is 5.92 Å². The first kappa shape index (κ1) is 21.2. The fourth-order valence-corrected chi connectivity index (χ4v) is 5.27. The zero-order valence-corrected chi connectivity index (χ0v) is 18.1. The van der Waals surface area contributed by atoms with E-state index in [9.17, 15) is 13.2 Å². The minimum atomic E-state index is -3.52. The molecule has 0 bridgehead atoms. The molecule has 1 atom stereocenters. The topological polar surface area (TPSA) is 97.2 Å². The van der Waals surface area contributed by atoms with Gasteiger partial charge in [0.15, 0.2) is 5.69 Å². The molecule has 9 heteroatoms. The van der Waals surface area contributed by atoms with Gasteiger partial charge in [-0.15, -0.1) is 5.10 Å². The summed E-state index contributed by atoms with van der Waals surface area (Å²) in [5.41, 5.74) is 1.74. The van der Waals surface area contributed by atoms with E-state index in [0.29, 0.717) is 31.2 Å². The minimum Gasteiger partial charge on any atom is -0.321 e. The second-order valence-electron chi connectivity index (χ2n) is 7.88. The number of carbonyl (C=O) groups is 1. The Labute approximate surface area is 181 Å². The van der Waals surface area contributed by atoms with E-state index in [1.807, 2.05) is 30.3 Å². The second kappa shape index (κ2) is 8.99. The molecule has 4 rings (SSSR count). The van der Waals surface area contributed by atoms with E-state index in [1.165, 1.54) is 12.1 Å². The largest absolute Gasteiger partial charge is 0.321 e. The van der Waals surface area contributed by atoms with Crippen molar-refractivity contribution in [1.82, 2.24) is 19.3 Å². The number of sulfonamides is 1. The smallest absolute Gasteiger partial charge is 0.277 e. The zero-order valence-electron chi connectivity index (χ0n) is 17.3. The summed E-state index contributed by atoms with van der Waals surface area (Å²) in [5, 5.41) is 10.7. The third-order valence-corrected chi connectivity index (χ3v) is 7.21. The number of nitrogens with zero attached hydrogens (tertiary/aromatic N) is 4. The maximum atomic E-state index is 12.9. The van der Waals surface area contributed by atoms with Crippen molar-refractivity contribution in [2.75, 3.05) is 18.4 Å². The summed E-state index contributed by atoms with van der Waals surface area (Å²) in [5.74, 6) is -0.0443. The Bertz CT molecular complexity index is 1140. The molecule has 1 N–H and O–H groups in total. The molecule has 1 saturated heterocycles. The maximum Gasteiger partial charge on any atom is 0.277 e. The van der Waals surface area contributed by atoms with E-state index in [4.69, 9.17) is 0 Å². The van der Waals surface area contributed by atoms with Crippen molar-refractivity contribution in [3.05, 3.63) is 72.1 Å². The van der Waals surface area contributed by atoms with Gasteiger partial charge in [0.1, 0.15) is 0 Å². The number of rotatable bonds is 6. The first-order valence-electron chi connectivity index (χ1n) is 10.3. The van der Waals surface area contributed by atoms with Crippen LogP contribution in [0.3, 0.4) is 0 Å². The van der Waals surface area contributed by atoms with Crippen LogP contribution in [0.2, 0.25) is 0 Å². The van der Waals surface area contributed by atoms with E-state index in [2.05, 4.69) is 22.6 Å². The summed E-state index contributed by atoms with van der Waals surface area (Å²) in [6.45, 7) is 3.67. The Morgan fingerprint density at radius 1 is 1.13 bits per heavy atom. The molecule has 162 valence electrons. The molecule has 1 aromatic heterocycles. The van der Waals surface area contributed by atoms with Gasteiger partial charge in [0.05, 0.1) is 17.6 Å². The monoisotopic (exact) mass is 439 g/mol. The molecule has 0 aliphatic carbocycles. The molecular formula is C22H25N5O3S. The summed E-state index contributed by atoms with van der Waals surface area (Å²) in [7, 11) is -3.52. The minimum absolute atomic E-state index is 0.190. The van der Waals surface area contributed by atoms with Crippen LogP contribution < -0.4 is 5.32 Å². The highest BCUT2D eigenvalue weighted by Crippen LogP contribution is 2.24. The average molecular weight is 440 g/mol. The SMILES string of the molecule is CC1CCCN(S(=O)(=O)c2ccc(NC(=O)c3cn(Cc4ccccc4)nn3)cc2)C1. The van der Waals surface area contributed by atoms with Crippen LogP contribution in [0.1, 0.15) is 35.8 Å². The van der Waals surface area contributed by atoms with Gasteiger partial charge >= 0.3 is 0 Å². The third-order valence-electron chi connectivity index (χ3n) is 5.33. The van der Waals surface area contributed by atoms with Crippen LogP contribution in [-0.2, 0) is 16.6 Å². The van der Waals surface area contributed by atoms with Crippen molar-refractivity contribution in [3.63, 3.8) is 0 Å². The number of piperidine rings is 1. The normalized spacial score (nSPS) is 17.4. The molecule has 1 unspecified atom stereocenters. The summed E-state index contributed by atoms with van der Waals surface area (Å²) in [6, 6.07) is 16.0. The lowest BCUT2D eigenvalue weighted by molar-refractivity contribution is 0.102. The number of hydrogen-bond acceptors (Lipinski definition) is 5. The van der Waals surface area contributed by atoms with E-state index in [0.717, 1.165) is 18.4 Å². The fraction of sp³-hybridized carbons (Fsp3) is 0.318. The average Bonchev–Trinajstić information content (AvgIpc) is 3.23. The highest BCUT2D eigenvalue weighted by atomic mass is 32.2. The van der Waals surface area contributed by atoms with E-state index in [1.54, 1.807) is 27.3 Å². The lowest BCUT2D eigenvalue weighted by Crippen LogP contribution is -2.39. The van der Waals surface area contributed by atoms with Crippen molar-refractivity contribution in [1.29, 1.82) is 0 Å². The molecule has 0 spiro atoms. The van der Waals surface area contributed by atoms with Crippen LogP contribution in [0.25, 0.3) is 0 Å². The Kier molecular flexibility index (Phi) is 6.15. The van der Waals surface area contributed by atoms with E-state index >= 15 is 0 Å². The molecular weight excluding hydrogens is 414 g/mol. The van der Waals surface area contributed by atoms with Gasteiger partial charge in [0.2, 0.25) is 10.0 Å². The van der Waals surface area contributed by atoms with Crippen LogP contribution in [0.5, 0.6) is 0 Å². The van der Waals surface area contributed by atoms with Gasteiger partial charge in [0, 0.05) is 18.8 Å². The highest BCUT2D eigenvalue weighted by Gasteiger charge is 2.28. The summed E-state index contributed by atoms with van der Waals surface area (Å²) >= 11 is 0. The Balaban J connectivity index is 1.40. The second-order valence-corrected chi connectivity index (χ2v) is 9.81. The van der Waals surface area contributed by atoms with Gasteiger partial charge in [-0.1, -0.05) is 42.5 Å². The van der Waals surface area contributed by atoms with E-state index in [-0.39, 0.29) is 10.6 Å². The standard InChI is InChI=1S/C22H25N5O3S/c1-17-6-5-13-27(14-17)31(29,30)20-11-9-19(10-12-20)23-22(28)21-16-26(25-24-21)15-18-7-3-2-4-8-18/h2-4,7-12,16-17H,5-6,13-15H2,1H3,(H,23,28). The number of hydrogen-bond donors (Lipinski definition) is 1. The summed E-state index contributed by atoms with van der Waals surface area (Å²) in [6.07, 6.45) is 3.51. The van der Waals surface area contributed by atoms with Crippen LogP contribution in [0.4, 0.5) is 5.69 Å². The molecule has 1 aliphatic rings. The van der Waals surface area contributed by atoms with Gasteiger partial charge in [-0.05, 0) is 48.6 Å². The number of carbonyl (C=O) groups excluding carboxylic acids is 1. The van der Waals surface area contributed by atoms with Gasteiger partial charge in [-0.3, -0.25) is 4.79 Å². The molecule has 1 aliphatic heterocycles. The van der Waals surface area contributed by atoms with Crippen LogP contribution in [0.15, 0.2) is 65.7 Å². The van der Waals surface area contributed by atoms with Gasteiger partial charge < -0.3 is 5.32 Å². The van der Waals surface area contributed by atoms with Gasteiger partial charge in [-0.2, -0.15) is 4.31 Å². The van der Waals surface area contributed by atoms with Crippen molar-refractivity contribution >= 4 is 21.6 Å². The predicted molar refractivity (Wildman–Crippen MR) is 117 cm³/mol. The lowest BCUT2D eigenvalue weighted by atomic mass is 10.0. The lowest BCUT2D eigenvalue weighted by Gasteiger charge is -2.30.